The van der Waals surface area contributed by atoms with Gasteiger partial charge in [0.1, 0.15) is 24.4 Å². The van der Waals surface area contributed by atoms with Gasteiger partial charge in [-0.15, -0.1) is 5.10 Å². The van der Waals surface area contributed by atoms with E-state index < -0.39 is 23.6 Å². The Morgan fingerprint density at radius 2 is 2.05 bits per heavy atom. The molecule has 2 unspecified atom stereocenters. The molecule has 2 fully saturated rings. The number of carbonyl (C=O) groups is 3. The Morgan fingerprint density at radius 3 is 2.79 bits per heavy atom. The highest BCUT2D eigenvalue weighted by atomic mass is 16.5. The van der Waals surface area contributed by atoms with Gasteiger partial charge in [0.15, 0.2) is 0 Å². The van der Waals surface area contributed by atoms with Crippen molar-refractivity contribution in [2.45, 2.75) is 77.0 Å². The van der Waals surface area contributed by atoms with Gasteiger partial charge in [-0.3, -0.25) is 14.4 Å². The summed E-state index contributed by atoms with van der Waals surface area (Å²) in [6.07, 6.45) is 4.53. The molecule has 0 radical (unpaired) electrons. The molecule has 1 saturated carbocycles. The van der Waals surface area contributed by atoms with E-state index in [-0.39, 0.29) is 43.8 Å². The fraction of sp³-hybridized carbons (Fsp3) is 0.593. The van der Waals surface area contributed by atoms with Gasteiger partial charge < -0.3 is 25.4 Å². The van der Waals surface area contributed by atoms with Gasteiger partial charge >= 0.3 is 0 Å². The first-order valence-corrected chi connectivity index (χ1v) is 13.3. The number of aromatic nitrogens is 3. The van der Waals surface area contributed by atoms with Crippen LogP contribution >= 0.6 is 0 Å². The summed E-state index contributed by atoms with van der Waals surface area (Å²) in [6, 6.07) is 4.07. The van der Waals surface area contributed by atoms with Gasteiger partial charge in [-0.05, 0) is 48.4 Å². The fourth-order valence-electron chi connectivity index (χ4n) is 5.24. The molecule has 3 heterocycles. The number of hydrogen-bond acceptors (Lipinski definition) is 7. The SMILES string of the molecule is CC(C)(C)[C@@H](C(=O)N1CC(O)CC1C(=O)NCCOc1ccc2c(c1)CCC(=O)N2)n1cc(C2CC2)nn1. The van der Waals surface area contributed by atoms with Crippen LogP contribution in [-0.2, 0) is 20.8 Å². The monoisotopic (exact) mass is 524 g/mol. The molecule has 3 N–H and O–H groups in total. The number of fused-ring (bicyclic) bond motifs is 1. The van der Waals surface area contributed by atoms with Gasteiger partial charge in [-0.25, -0.2) is 4.68 Å². The quantitative estimate of drug-likeness (QED) is 0.448. The second-order valence-corrected chi connectivity index (χ2v) is 11.6. The molecule has 11 nitrogen and oxygen atoms in total. The van der Waals surface area contributed by atoms with Crippen LogP contribution in [0.1, 0.15) is 69.7 Å². The predicted molar refractivity (Wildman–Crippen MR) is 139 cm³/mol. The molecule has 0 bridgehead atoms. The largest absolute Gasteiger partial charge is 0.492 e. The molecule has 204 valence electrons. The smallest absolute Gasteiger partial charge is 0.248 e. The van der Waals surface area contributed by atoms with Crippen LogP contribution in [0, 0.1) is 5.41 Å². The highest BCUT2D eigenvalue weighted by Crippen LogP contribution is 2.40. The number of likely N-dealkylation sites (tertiary alicyclic amines) is 1. The molecule has 2 aliphatic heterocycles. The van der Waals surface area contributed by atoms with Crippen molar-refractivity contribution >= 4 is 23.4 Å². The van der Waals surface area contributed by atoms with Gasteiger partial charge in [0.2, 0.25) is 17.7 Å². The lowest BCUT2D eigenvalue weighted by Crippen LogP contribution is -2.50. The molecule has 3 amide bonds. The number of rotatable bonds is 8. The molecule has 3 atom stereocenters. The number of β-amino-alcohol motifs (C(OH)–C–C–N with tert-alkyl or cyclic N) is 1. The van der Waals surface area contributed by atoms with Crippen LogP contribution in [0.2, 0.25) is 0 Å². The third-order valence-electron chi connectivity index (χ3n) is 7.35. The zero-order valence-electron chi connectivity index (χ0n) is 22.1. The number of aliphatic hydroxyl groups is 1. The first-order valence-electron chi connectivity index (χ1n) is 13.3. The lowest BCUT2D eigenvalue weighted by atomic mass is 9.85. The lowest BCUT2D eigenvalue weighted by Gasteiger charge is -2.34. The molecule has 11 heteroatoms. The number of aliphatic hydroxyl groups excluding tert-OH is 1. The Morgan fingerprint density at radius 1 is 1.26 bits per heavy atom. The van der Waals surface area contributed by atoms with Crippen molar-refractivity contribution in [1.29, 1.82) is 0 Å². The van der Waals surface area contributed by atoms with Crippen LogP contribution in [-0.4, -0.2) is 74.6 Å². The van der Waals surface area contributed by atoms with Crippen molar-refractivity contribution in [3.05, 3.63) is 35.7 Å². The molecule has 1 aromatic heterocycles. The van der Waals surface area contributed by atoms with Crippen molar-refractivity contribution in [3.63, 3.8) is 0 Å². The molecular weight excluding hydrogens is 488 g/mol. The Kier molecular flexibility index (Phi) is 7.13. The first-order chi connectivity index (χ1) is 18.1. The van der Waals surface area contributed by atoms with Crippen LogP contribution in [0.25, 0.3) is 0 Å². The highest BCUT2D eigenvalue weighted by Gasteiger charge is 2.45. The zero-order chi connectivity index (χ0) is 27.0. The van der Waals surface area contributed by atoms with E-state index in [2.05, 4.69) is 20.9 Å². The van der Waals surface area contributed by atoms with Crippen LogP contribution in [0.3, 0.4) is 0 Å². The van der Waals surface area contributed by atoms with Crippen molar-refractivity contribution in [3.8, 4) is 5.75 Å². The summed E-state index contributed by atoms with van der Waals surface area (Å²) >= 11 is 0. The van der Waals surface area contributed by atoms with Crippen LogP contribution in [0.15, 0.2) is 24.4 Å². The van der Waals surface area contributed by atoms with Crippen LogP contribution < -0.4 is 15.4 Å². The summed E-state index contributed by atoms with van der Waals surface area (Å²) in [5.41, 5.74) is 2.23. The molecule has 1 saturated heterocycles. The maximum atomic E-state index is 13.8. The van der Waals surface area contributed by atoms with E-state index in [0.29, 0.717) is 24.5 Å². The zero-order valence-corrected chi connectivity index (χ0v) is 22.1. The summed E-state index contributed by atoms with van der Waals surface area (Å²) in [7, 11) is 0. The number of aryl methyl sites for hydroxylation is 1. The summed E-state index contributed by atoms with van der Waals surface area (Å²) < 4.78 is 7.42. The lowest BCUT2D eigenvalue weighted by molar-refractivity contribution is -0.144. The van der Waals surface area contributed by atoms with Gasteiger partial charge in [0, 0.05) is 37.2 Å². The Bertz CT molecular complexity index is 1220. The van der Waals surface area contributed by atoms with Gasteiger partial charge in [0.05, 0.1) is 18.3 Å². The van der Waals surface area contributed by atoms with E-state index in [1.54, 1.807) is 10.7 Å². The summed E-state index contributed by atoms with van der Waals surface area (Å²) in [4.78, 5) is 39.9. The first kappa shape index (κ1) is 26.1. The Balaban J connectivity index is 1.19. The summed E-state index contributed by atoms with van der Waals surface area (Å²) in [5.74, 6) is 0.511. The van der Waals surface area contributed by atoms with E-state index in [9.17, 15) is 19.5 Å². The van der Waals surface area contributed by atoms with Gasteiger partial charge in [-0.1, -0.05) is 26.0 Å². The number of amides is 3. The molecule has 2 aromatic rings. The average molecular weight is 525 g/mol. The maximum absolute atomic E-state index is 13.8. The normalized spacial score (nSPS) is 22.0. The Hall–Kier alpha value is -3.47. The van der Waals surface area contributed by atoms with E-state index in [4.69, 9.17) is 4.74 Å². The second kappa shape index (κ2) is 10.4. The summed E-state index contributed by atoms with van der Waals surface area (Å²) in [5, 5.41) is 24.6. The van der Waals surface area contributed by atoms with E-state index in [1.807, 2.05) is 39.1 Å². The number of carbonyl (C=O) groups excluding carboxylic acids is 3. The van der Waals surface area contributed by atoms with Gasteiger partial charge in [0.25, 0.3) is 0 Å². The number of hydrogen-bond donors (Lipinski definition) is 3. The molecule has 38 heavy (non-hydrogen) atoms. The van der Waals surface area contributed by atoms with E-state index in [1.165, 1.54) is 4.90 Å². The van der Waals surface area contributed by atoms with Crippen molar-refractivity contribution < 1.29 is 24.2 Å². The number of nitrogens with one attached hydrogen (secondary N) is 2. The van der Waals surface area contributed by atoms with Crippen molar-refractivity contribution in [2.75, 3.05) is 25.0 Å². The Labute approximate surface area is 221 Å². The predicted octanol–water partition coefficient (Wildman–Crippen LogP) is 1.78. The molecular formula is C27H36N6O5. The third kappa shape index (κ3) is 5.67. The highest BCUT2D eigenvalue weighted by molar-refractivity contribution is 5.94. The van der Waals surface area contributed by atoms with Crippen molar-refractivity contribution in [2.24, 2.45) is 5.41 Å². The maximum Gasteiger partial charge on any atom is 0.248 e. The third-order valence-corrected chi connectivity index (χ3v) is 7.35. The van der Waals surface area contributed by atoms with Crippen molar-refractivity contribution in [1.82, 2.24) is 25.2 Å². The van der Waals surface area contributed by atoms with Gasteiger partial charge in [-0.2, -0.15) is 0 Å². The number of benzene rings is 1. The van der Waals surface area contributed by atoms with Crippen LogP contribution in [0.5, 0.6) is 5.75 Å². The van der Waals surface area contributed by atoms with Crippen LogP contribution in [0.4, 0.5) is 5.69 Å². The number of nitrogens with zero attached hydrogens (tertiary/aromatic N) is 4. The minimum absolute atomic E-state index is 0.0107. The number of ether oxygens (including phenoxy) is 1. The van der Waals surface area contributed by atoms with E-state index in [0.717, 1.165) is 29.8 Å². The van der Waals surface area contributed by atoms with E-state index >= 15 is 0 Å². The minimum atomic E-state index is -0.777. The molecule has 0 spiro atoms. The minimum Gasteiger partial charge on any atom is -0.492 e. The molecule has 3 aliphatic rings. The standard InChI is InChI=1S/C27H36N6O5/c1-27(2,3)24(33-15-21(30-31-33)16-4-5-16)26(37)32-14-18(34)13-22(32)25(36)28-10-11-38-19-7-8-20-17(12-19)6-9-23(35)29-20/h7-8,12,15-16,18,22,24,34H,4-6,9-11,13-14H2,1-3H3,(H,28,36)(H,29,35)/t18?,22?,24-/m1/s1. The average Bonchev–Trinajstić information content (AvgIpc) is 3.47. The molecule has 1 aliphatic carbocycles. The molecule has 1 aromatic carbocycles. The number of anilines is 1. The second-order valence-electron chi connectivity index (χ2n) is 11.6. The molecule has 5 rings (SSSR count). The topological polar surface area (TPSA) is 139 Å². The summed E-state index contributed by atoms with van der Waals surface area (Å²) in [6.45, 7) is 6.46. The fourth-order valence-corrected chi connectivity index (χ4v) is 5.24.